The molecule has 0 saturated heterocycles. The average Bonchev–Trinajstić information content (AvgIpc) is 3.28. The van der Waals surface area contributed by atoms with E-state index in [1.54, 1.807) is 0 Å². The second-order valence-corrected chi connectivity index (χ2v) is 7.56. The third kappa shape index (κ3) is 4.81. The molecule has 1 heterocycles. The number of fused-ring (bicyclic) bond motifs is 1. The zero-order chi connectivity index (χ0) is 17.9. The quantitative estimate of drug-likeness (QED) is 0.817. The smallest absolute Gasteiger partial charge is 0.221 e. The first-order valence-corrected chi connectivity index (χ1v) is 9.72. The van der Waals surface area contributed by atoms with Gasteiger partial charge in [-0.3, -0.25) is 4.79 Å². The number of nitrogens with two attached hydrogens (primary N) is 1. The molecule has 0 bridgehead atoms. The number of primary amides is 1. The molecule has 0 radical (unpaired) electrons. The zero-order valence-corrected chi connectivity index (χ0v) is 16.4. The summed E-state index contributed by atoms with van der Waals surface area (Å²) in [4.78, 5) is 15.8. The number of rotatable bonds is 6. The number of halogens is 1. The maximum absolute atomic E-state index is 11.1. The van der Waals surface area contributed by atoms with Crippen LogP contribution in [0.3, 0.4) is 0 Å². The minimum absolute atomic E-state index is 0. The largest absolute Gasteiger partial charge is 0.474 e. The van der Waals surface area contributed by atoms with Crippen LogP contribution >= 0.6 is 12.4 Å². The Morgan fingerprint density at radius 2 is 1.78 bits per heavy atom. The van der Waals surface area contributed by atoms with Crippen LogP contribution in [0.1, 0.15) is 60.1 Å². The van der Waals surface area contributed by atoms with Crippen molar-refractivity contribution in [1.29, 1.82) is 0 Å². The van der Waals surface area contributed by atoms with Gasteiger partial charge in [-0.25, -0.2) is 4.98 Å². The van der Waals surface area contributed by atoms with Gasteiger partial charge in [0.1, 0.15) is 6.10 Å². The van der Waals surface area contributed by atoms with Gasteiger partial charge < -0.3 is 10.5 Å². The Bertz CT molecular complexity index is 799. The summed E-state index contributed by atoms with van der Waals surface area (Å²) in [5, 5.41) is 0. The topological polar surface area (TPSA) is 65.2 Å². The van der Waals surface area contributed by atoms with Crippen molar-refractivity contribution >= 4 is 18.3 Å². The van der Waals surface area contributed by atoms with Crippen LogP contribution in [0.5, 0.6) is 5.88 Å². The molecule has 1 aromatic carbocycles. The molecule has 2 aliphatic rings. The highest BCUT2D eigenvalue weighted by molar-refractivity contribution is 5.85. The summed E-state index contributed by atoms with van der Waals surface area (Å²) in [5.41, 5.74) is 11.4. The molecule has 1 saturated carbocycles. The summed E-state index contributed by atoms with van der Waals surface area (Å²) in [6, 6.07) is 10.3. The van der Waals surface area contributed by atoms with Gasteiger partial charge in [-0.05, 0) is 73.6 Å². The molecule has 4 rings (SSSR count). The van der Waals surface area contributed by atoms with Crippen LogP contribution < -0.4 is 10.5 Å². The maximum Gasteiger partial charge on any atom is 0.221 e. The van der Waals surface area contributed by atoms with Crippen molar-refractivity contribution in [2.45, 2.75) is 63.9 Å². The average molecular weight is 387 g/mol. The highest BCUT2D eigenvalue weighted by atomic mass is 35.5. The molecule has 0 aliphatic heterocycles. The molecule has 0 unspecified atom stereocenters. The number of pyridine rings is 1. The van der Waals surface area contributed by atoms with Crippen molar-refractivity contribution in [3.63, 3.8) is 0 Å². The van der Waals surface area contributed by atoms with E-state index in [1.165, 1.54) is 41.6 Å². The predicted molar refractivity (Wildman–Crippen MR) is 109 cm³/mol. The second kappa shape index (κ2) is 8.75. The first kappa shape index (κ1) is 19.7. The van der Waals surface area contributed by atoms with E-state index in [2.05, 4.69) is 18.2 Å². The van der Waals surface area contributed by atoms with Crippen LogP contribution in [0.4, 0.5) is 0 Å². The van der Waals surface area contributed by atoms with Gasteiger partial charge in [-0.15, -0.1) is 12.4 Å². The Hall–Kier alpha value is -2.07. The molecule has 5 heteroatoms. The number of benzene rings is 1. The van der Waals surface area contributed by atoms with E-state index in [0.29, 0.717) is 12.5 Å². The Morgan fingerprint density at radius 3 is 2.48 bits per heavy atom. The summed E-state index contributed by atoms with van der Waals surface area (Å²) >= 11 is 0. The Labute approximate surface area is 166 Å². The molecule has 1 amide bonds. The van der Waals surface area contributed by atoms with E-state index in [1.807, 2.05) is 12.1 Å². The lowest BCUT2D eigenvalue weighted by atomic mass is 9.98. The monoisotopic (exact) mass is 386 g/mol. The Kier molecular flexibility index (Phi) is 6.38. The normalized spacial score (nSPS) is 16.0. The minimum atomic E-state index is -0.293. The molecular weight excluding hydrogens is 360 g/mol. The number of ether oxygens (including phenoxy) is 1. The lowest BCUT2D eigenvalue weighted by Crippen LogP contribution is -2.13. The van der Waals surface area contributed by atoms with Gasteiger partial charge >= 0.3 is 0 Å². The van der Waals surface area contributed by atoms with E-state index in [9.17, 15) is 4.79 Å². The minimum Gasteiger partial charge on any atom is -0.474 e. The van der Waals surface area contributed by atoms with E-state index >= 15 is 0 Å². The Balaban J connectivity index is 0.00000210. The van der Waals surface area contributed by atoms with Gasteiger partial charge in [0.25, 0.3) is 0 Å². The molecule has 1 aromatic heterocycles. The summed E-state index contributed by atoms with van der Waals surface area (Å²) in [5.74, 6) is 0.510. The van der Waals surface area contributed by atoms with Crippen LogP contribution in [-0.2, 0) is 30.5 Å². The fourth-order valence-corrected chi connectivity index (χ4v) is 4.19. The highest BCUT2D eigenvalue weighted by Crippen LogP contribution is 2.31. The van der Waals surface area contributed by atoms with Crippen molar-refractivity contribution in [2.75, 3.05) is 0 Å². The van der Waals surface area contributed by atoms with Gasteiger partial charge in [0.15, 0.2) is 0 Å². The number of nitrogens with zero attached hydrogens (tertiary/aromatic N) is 1. The number of carbonyl (C=O) groups is 1. The molecule has 2 N–H and O–H groups in total. The SMILES string of the molecule is Cl.NC(=O)Cc1ccc(Cc2cc(OC3CCCC3)nc3c2CCC3)cc1. The second-order valence-electron chi connectivity index (χ2n) is 7.56. The standard InChI is InChI=1S/C22H26N2O2.ClH/c23-21(25)13-16-10-8-15(9-11-16)12-17-14-22(26-18-4-1-2-5-18)24-20-7-3-6-19(17)20;/h8-11,14,18H,1-7,12-13H2,(H2,23,25);1H. The van der Waals surface area contributed by atoms with Crippen LogP contribution in [0.15, 0.2) is 30.3 Å². The molecule has 2 aliphatic carbocycles. The fourth-order valence-electron chi connectivity index (χ4n) is 4.19. The van der Waals surface area contributed by atoms with Crippen molar-refractivity contribution in [3.8, 4) is 5.88 Å². The molecule has 0 spiro atoms. The van der Waals surface area contributed by atoms with Gasteiger partial charge in [-0.2, -0.15) is 0 Å². The molecule has 144 valence electrons. The number of hydrogen-bond donors (Lipinski definition) is 1. The van der Waals surface area contributed by atoms with Gasteiger partial charge in [0.2, 0.25) is 11.8 Å². The van der Waals surface area contributed by atoms with Crippen molar-refractivity contribution in [3.05, 3.63) is 58.3 Å². The Morgan fingerprint density at radius 1 is 1.07 bits per heavy atom. The number of amides is 1. The number of aromatic nitrogens is 1. The predicted octanol–water partition coefficient (Wildman–Crippen LogP) is 3.93. The van der Waals surface area contributed by atoms with Crippen LogP contribution in [0.2, 0.25) is 0 Å². The number of aryl methyl sites for hydroxylation is 1. The van der Waals surface area contributed by atoms with Crippen molar-refractivity contribution in [1.82, 2.24) is 4.98 Å². The summed E-state index contributed by atoms with van der Waals surface area (Å²) in [6.07, 6.45) is 9.68. The van der Waals surface area contributed by atoms with Gasteiger partial charge in [0.05, 0.1) is 6.42 Å². The summed E-state index contributed by atoms with van der Waals surface area (Å²) in [7, 11) is 0. The van der Waals surface area contributed by atoms with E-state index in [-0.39, 0.29) is 18.3 Å². The highest BCUT2D eigenvalue weighted by Gasteiger charge is 2.21. The lowest BCUT2D eigenvalue weighted by Gasteiger charge is -2.16. The molecule has 2 aromatic rings. The van der Waals surface area contributed by atoms with Crippen molar-refractivity contribution < 1.29 is 9.53 Å². The summed E-state index contributed by atoms with van der Waals surface area (Å²) < 4.78 is 6.18. The fraction of sp³-hybridized carbons (Fsp3) is 0.455. The van der Waals surface area contributed by atoms with Crippen LogP contribution in [-0.4, -0.2) is 17.0 Å². The molecule has 0 atom stereocenters. The van der Waals surface area contributed by atoms with E-state index in [0.717, 1.165) is 43.5 Å². The molecule has 1 fully saturated rings. The van der Waals surface area contributed by atoms with Crippen molar-refractivity contribution in [2.24, 2.45) is 5.73 Å². The lowest BCUT2D eigenvalue weighted by molar-refractivity contribution is -0.117. The van der Waals surface area contributed by atoms with E-state index < -0.39 is 0 Å². The van der Waals surface area contributed by atoms with Crippen LogP contribution in [0, 0.1) is 0 Å². The number of carbonyl (C=O) groups excluding carboxylic acids is 1. The third-order valence-electron chi connectivity index (χ3n) is 5.50. The summed E-state index contributed by atoms with van der Waals surface area (Å²) in [6.45, 7) is 0. The van der Waals surface area contributed by atoms with Gasteiger partial charge in [0, 0.05) is 11.8 Å². The first-order valence-electron chi connectivity index (χ1n) is 9.72. The molecule has 4 nitrogen and oxygen atoms in total. The first-order chi connectivity index (χ1) is 12.7. The third-order valence-corrected chi connectivity index (χ3v) is 5.50. The van der Waals surface area contributed by atoms with Crippen LogP contribution in [0.25, 0.3) is 0 Å². The molecular formula is C22H27ClN2O2. The van der Waals surface area contributed by atoms with Gasteiger partial charge in [-0.1, -0.05) is 24.3 Å². The number of hydrogen-bond acceptors (Lipinski definition) is 3. The maximum atomic E-state index is 11.1. The van der Waals surface area contributed by atoms with E-state index in [4.69, 9.17) is 15.5 Å². The zero-order valence-electron chi connectivity index (χ0n) is 15.6. The molecule has 27 heavy (non-hydrogen) atoms.